The standard InChI is InChI=1S/C6HBr5Cl5O.C6H6O.C2H5.Al/c7-2(13)1(12)3(8,17)5(10,15)6(11,16)4(2,9)14;7-6-4-2-1-3-5-6;1-2;/h1H;1-5,7H;1H2,2H3;/q-1;;;+2/p-1. The largest absolute Gasteiger partial charge is 0.766 e. The molecular formula is C14H11AlBr5Cl5O2. The number of para-hydroxylation sites is 1. The van der Waals surface area contributed by atoms with Crippen molar-refractivity contribution in [1.29, 1.82) is 0 Å². The second-order valence-electron chi connectivity index (χ2n) is 5.74. The molecule has 1 aromatic carbocycles. The van der Waals surface area contributed by atoms with Crippen LogP contribution in [0.1, 0.15) is 6.92 Å². The Kier molecular flexibility index (Phi) is 9.18. The van der Waals surface area contributed by atoms with Gasteiger partial charge in [0.25, 0.3) is 0 Å². The van der Waals surface area contributed by atoms with Crippen LogP contribution in [0.25, 0.3) is 0 Å². The molecule has 2 nitrogen and oxygen atoms in total. The number of benzene rings is 1. The minimum absolute atomic E-state index is 0.626. The van der Waals surface area contributed by atoms with Gasteiger partial charge in [-0.1, -0.05) is 116 Å². The molecule has 2 rings (SSSR count). The maximum atomic E-state index is 6.84. The highest BCUT2D eigenvalue weighted by atomic mass is 79.9. The van der Waals surface area contributed by atoms with Gasteiger partial charge in [-0.25, -0.2) is 0 Å². The zero-order chi connectivity index (χ0) is 20.9. The van der Waals surface area contributed by atoms with Crippen LogP contribution in [0.3, 0.4) is 0 Å². The summed E-state index contributed by atoms with van der Waals surface area (Å²) >= 11 is 48.4. The molecule has 1 aromatic rings. The first-order valence-corrected chi connectivity index (χ1v) is 15.1. The minimum Gasteiger partial charge on any atom is -0.622 e. The Morgan fingerprint density at radius 3 is 1.93 bits per heavy atom. The fraction of sp³-hybridized carbons (Fsp3) is 0.571. The molecule has 0 amide bonds. The normalized spacial score (nSPS) is 44.8. The van der Waals surface area contributed by atoms with E-state index in [0.29, 0.717) is 11.0 Å². The predicted molar refractivity (Wildman–Crippen MR) is 136 cm³/mol. The predicted octanol–water partition coefficient (Wildman–Crippen LogP) is 8.62. The summed E-state index contributed by atoms with van der Waals surface area (Å²) in [6, 6.07) is 9.33. The van der Waals surface area contributed by atoms with Crippen molar-refractivity contribution in [3.05, 3.63) is 30.3 Å². The Hall–Kier alpha value is 3.36. The average Bonchev–Trinajstić information content (AvgIpc) is 2.59. The zero-order valence-electron chi connectivity index (χ0n) is 13.3. The molecule has 0 N–H and O–H groups in total. The highest BCUT2D eigenvalue weighted by Gasteiger charge is 2.82. The number of alkyl halides is 10. The summed E-state index contributed by atoms with van der Waals surface area (Å²) < 4.78 is 4.83. The highest BCUT2D eigenvalue weighted by Crippen LogP contribution is 2.75. The SMILES string of the molecule is C[CH2][Al]([O]c1ccccc1)[O]C1(Br)C(Cl)C(Cl)(Br)C(Cl)(Br)C(Cl)(Br)C1(Cl)Br. The topological polar surface area (TPSA) is 18.5 Å². The smallest absolute Gasteiger partial charge is 0.622 e. The first kappa shape index (κ1) is 26.6. The molecule has 0 spiro atoms. The molecule has 0 radical (unpaired) electrons. The van der Waals surface area contributed by atoms with Crippen LogP contribution in [0.2, 0.25) is 5.28 Å². The third-order valence-electron chi connectivity index (χ3n) is 3.93. The van der Waals surface area contributed by atoms with E-state index in [1.807, 2.05) is 37.3 Å². The van der Waals surface area contributed by atoms with Crippen LogP contribution in [0.15, 0.2) is 30.3 Å². The van der Waals surface area contributed by atoms with Crippen LogP contribution in [0, 0.1) is 0 Å². The van der Waals surface area contributed by atoms with E-state index in [0.717, 1.165) is 0 Å². The molecule has 0 bridgehead atoms. The monoisotopic (exact) mass is 807 g/mol. The van der Waals surface area contributed by atoms with E-state index in [1.54, 1.807) is 0 Å². The maximum absolute atomic E-state index is 6.84. The molecule has 1 saturated carbocycles. The molecule has 0 heterocycles. The Bertz CT molecular complexity index is 681. The fourth-order valence-electron chi connectivity index (χ4n) is 2.34. The van der Waals surface area contributed by atoms with Crippen molar-refractivity contribution in [2.75, 3.05) is 0 Å². The third-order valence-corrected chi connectivity index (χ3v) is 19.5. The first-order valence-electron chi connectivity index (χ1n) is 7.40. The van der Waals surface area contributed by atoms with Gasteiger partial charge in [-0.05, 0) is 17.4 Å². The van der Waals surface area contributed by atoms with E-state index in [4.69, 9.17) is 65.6 Å². The van der Waals surface area contributed by atoms with Crippen molar-refractivity contribution in [3.63, 3.8) is 0 Å². The summed E-state index contributed by atoms with van der Waals surface area (Å²) in [5.74, 6) is 0.683. The van der Waals surface area contributed by atoms with Crippen LogP contribution < -0.4 is 3.79 Å². The highest BCUT2D eigenvalue weighted by molar-refractivity contribution is 9.16. The van der Waals surface area contributed by atoms with Crippen molar-refractivity contribution in [2.45, 2.75) is 37.2 Å². The average molecular weight is 815 g/mol. The van der Waals surface area contributed by atoms with E-state index in [1.165, 1.54) is 0 Å². The van der Waals surface area contributed by atoms with Gasteiger partial charge in [-0.3, -0.25) is 0 Å². The molecule has 1 aliphatic rings. The second-order valence-corrected chi connectivity index (χ2v) is 18.4. The maximum Gasteiger partial charge on any atom is 0.766 e. The van der Waals surface area contributed by atoms with Gasteiger partial charge in [0, 0.05) is 0 Å². The molecule has 0 saturated heterocycles. The van der Waals surface area contributed by atoms with E-state index in [9.17, 15) is 0 Å². The number of rotatable bonds is 5. The number of hydrogen-bond donors (Lipinski definition) is 0. The molecule has 1 fully saturated rings. The summed E-state index contributed by atoms with van der Waals surface area (Å²) in [6.07, 6.45) is 0. The summed E-state index contributed by atoms with van der Waals surface area (Å²) in [4.78, 5) is 0. The Balaban J connectivity index is 2.45. The van der Waals surface area contributed by atoms with Gasteiger partial charge >= 0.3 is 14.8 Å². The Morgan fingerprint density at radius 2 is 1.44 bits per heavy atom. The lowest BCUT2D eigenvalue weighted by Gasteiger charge is -2.61. The molecule has 6 atom stereocenters. The van der Waals surface area contributed by atoms with Crippen LogP contribution in [0.4, 0.5) is 0 Å². The molecular weight excluding hydrogens is 804 g/mol. The van der Waals surface area contributed by atoms with E-state index in [-0.39, 0.29) is 0 Å². The van der Waals surface area contributed by atoms with Gasteiger partial charge < -0.3 is 7.58 Å². The Labute approximate surface area is 230 Å². The minimum atomic E-state index is -2.32. The van der Waals surface area contributed by atoms with Crippen molar-refractivity contribution >= 4 is 152 Å². The van der Waals surface area contributed by atoms with Crippen molar-refractivity contribution in [1.82, 2.24) is 0 Å². The zero-order valence-corrected chi connectivity index (χ0v) is 26.2. The van der Waals surface area contributed by atoms with Crippen LogP contribution in [-0.2, 0) is 3.79 Å². The summed E-state index contributed by atoms with van der Waals surface area (Å²) in [6.45, 7) is 1.95. The van der Waals surface area contributed by atoms with Gasteiger partial charge in [0.15, 0.2) is 15.1 Å². The van der Waals surface area contributed by atoms with Crippen LogP contribution >= 0.6 is 138 Å². The van der Waals surface area contributed by atoms with E-state index >= 15 is 0 Å². The van der Waals surface area contributed by atoms with Crippen LogP contribution in [0.5, 0.6) is 5.75 Å². The molecule has 6 unspecified atom stereocenters. The summed E-state index contributed by atoms with van der Waals surface area (Å²) in [7, 11) is 0. The van der Waals surface area contributed by atoms with Gasteiger partial charge in [0.1, 0.15) is 9.89 Å². The second kappa shape index (κ2) is 9.31. The van der Waals surface area contributed by atoms with Gasteiger partial charge in [-0.2, -0.15) is 0 Å². The van der Waals surface area contributed by atoms with Gasteiger partial charge in [0.2, 0.25) is 0 Å². The number of hydrogen-bond acceptors (Lipinski definition) is 2. The van der Waals surface area contributed by atoms with Crippen molar-refractivity contribution in [3.8, 4) is 5.75 Å². The molecule has 152 valence electrons. The lowest BCUT2D eigenvalue weighted by Crippen LogP contribution is -2.77. The van der Waals surface area contributed by atoms with Gasteiger partial charge in [0.05, 0.1) is 5.75 Å². The molecule has 13 heteroatoms. The third kappa shape index (κ3) is 4.44. The molecule has 27 heavy (non-hydrogen) atoms. The first-order chi connectivity index (χ1) is 12.2. The Morgan fingerprint density at radius 1 is 0.926 bits per heavy atom. The van der Waals surface area contributed by atoms with Gasteiger partial charge in [-0.15, -0.1) is 46.4 Å². The molecule has 0 aliphatic heterocycles. The molecule has 0 aromatic heterocycles. The summed E-state index contributed by atoms with van der Waals surface area (Å²) in [5.41, 5.74) is 0. The van der Waals surface area contributed by atoms with Crippen molar-refractivity contribution < 1.29 is 7.58 Å². The quantitative estimate of drug-likeness (QED) is 0.219. The molecule has 1 aliphatic carbocycles. The lowest BCUT2D eigenvalue weighted by atomic mass is 9.94. The van der Waals surface area contributed by atoms with Crippen molar-refractivity contribution in [2.24, 2.45) is 0 Å². The summed E-state index contributed by atoms with van der Waals surface area (Å²) in [5, 5.41) is -0.368. The van der Waals surface area contributed by atoms with Crippen LogP contribution in [-0.4, -0.2) is 39.8 Å². The fourth-order valence-corrected chi connectivity index (χ4v) is 11.6. The van der Waals surface area contributed by atoms with E-state index in [2.05, 4.69) is 79.6 Å². The lowest BCUT2D eigenvalue weighted by molar-refractivity contribution is 0.0989. The number of halogens is 10. The van der Waals surface area contributed by atoms with E-state index < -0.39 is 39.8 Å².